The predicted molar refractivity (Wildman–Crippen MR) is 59.7 cm³/mol. The lowest BCUT2D eigenvalue weighted by Gasteiger charge is -2.03. The summed E-state index contributed by atoms with van der Waals surface area (Å²) in [7, 11) is 1.25. The van der Waals surface area contributed by atoms with Crippen molar-refractivity contribution in [3.8, 4) is 0 Å². The van der Waals surface area contributed by atoms with Gasteiger partial charge in [-0.05, 0) is 6.92 Å². The van der Waals surface area contributed by atoms with E-state index < -0.39 is 12.1 Å². The zero-order valence-corrected chi connectivity index (χ0v) is 9.86. The van der Waals surface area contributed by atoms with Gasteiger partial charge in [-0.2, -0.15) is 0 Å². The largest absolute Gasteiger partial charge is 0.466 e. The smallest absolute Gasteiger partial charge is 0.335 e. The summed E-state index contributed by atoms with van der Waals surface area (Å²) >= 11 is 0. The number of aliphatic hydroxyl groups excluding tert-OH is 1. The van der Waals surface area contributed by atoms with Crippen molar-refractivity contribution in [2.75, 3.05) is 13.7 Å². The standard InChI is InChI=1S/C6H10O3.C5H8O2/c1-4(5(2)7)6(8)9-3;1-3-4-7-5(2)6/h5,7H,1H2,2-3H3;3H,1,4H2,2H3. The van der Waals surface area contributed by atoms with E-state index in [9.17, 15) is 9.59 Å². The van der Waals surface area contributed by atoms with Crippen LogP contribution in [-0.4, -0.2) is 36.9 Å². The van der Waals surface area contributed by atoms with Crippen molar-refractivity contribution >= 4 is 11.9 Å². The van der Waals surface area contributed by atoms with Gasteiger partial charge in [0.2, 0.25) is 0 Å². The van der Waals surface area contributed by atoms with Crippen LogP contribution in [0.3, 0.4) is 0 Å². The molecular weight excluding hydrogens is 212 g/mol. The number of carbonyl (C=O) groups excluding carboxylic acids is 2. The molecule has 0 aromatic carbocycles. The highest BCUT2D eigenvalue weighted by Crippen LogP contribution is 1.98. The van der Waals surface area contributed by atoms with Crippen LogP contribution in [0.4, 0.5) is 0 Å². The van der Waals surface area contributed by atoms with Crippen molar-refractivity contribution < 1.29 is 24.2 Å². The molecule has 5 heteroatoms. The lowest BCUT2D eigenvalue weighted by Crippen LogP contribution is -2.14. The first-order chi connectivity index (χ1) is 7.36. The van der Waals surface area contributed by atoms with Crippen LogP contribution < -0.4 is 0 Å². The molecule has 0 saturated heterocycles. The second-order valence-corrected chi connectivity index (χ2v) is 2.78. The van der Waals surface area contributed by atoms with E-state index in [2.05, 4.69) is 22.6 Å². The maximum atomic E-state index is 10.5. The molecule has 5 nitrogen and oxygen atoms in total. The summed E-state index contributed by atoms with van der Waals surface area (Å²) in [5.41, 5.74) is 0.0810. The number of esters is 2. The van der Waals surface area contributed by atoms with Gasteiger partial charge in [-0.3, -0.25) is 4.79 Å². The molecule has 0 amide bonds. The first-order valence-electron chi connectivity index (χ1n) is 4.56. The molecule has 0 rings (SSSR count). The highest BCUT2D eigenvalue weighted by molar-refractivity contribution is 5.88. The molecule has 1 N–H and O–H groups in total. The number of hydrogen-bond acceptors (Lipinski definition) is 5. The Hall–Kier alpha value is -1.62. The van der Waals surface area contributed by atoms with E-state index in [1.165, 1.54) is 27.0 Å². The highest BCUT2D eigenvalue weighted by atomic mass is 16.5. The molecule has 1 unspecified atom stereocenters. The van der Waals surface area contributed by atoms with E-state index in [0.717, 1.165) is 0 Å². The predicted octanol–water partition coefficient (Wildman–Crippen LogP) is 0.832. The van der Waals surface area contributed by atoms with E-state index in [0.29, 0.717) is 6.61 Å². The number of rotatable bonds is 4. The summed E-state index contributed by atoms with van der Waals surface area (Å²) in [6, 6.07) is 0. The van der Waals surface area contributed by atoms with Crippen molar-refractivity contribution in [1.29, 1.82) is 0 Å². The van der Waals surface area contributed by atoms with Crippen LogP contribution in [0.2, 0.25) is 0 Å². The SMILES string of the molecule is C=C(C(=O)OC)C(C)O.C=CCOC(C)=O. The van der Waals surface area contributed by atoms with Gasteiger partial charge in [0.1, 0.15) is 6.61 Å². The summed E-state index contributed by atoms with van der Waals surface area (Å²) < 4.78 is 8.71. The molecule has 0 bridgehead atoms. The fourth-order valence-electron chi connectivity index (χ4n) is 0.478. The van der Waals surface area contributed by atoms with Crippen molar-refractivity contribution in [3.63, 3.8) is 0 Å². The molecule has 16 heavy (non-hydrogen) atoms. The van der Waals surface area contributed by atoms with Crippen LogP contribution >= 0.6 is 0 Å². The Labute approximate surface area is 95.4 Å². The van der Waals surface area contributed by atoms with Gasteiger partial charge in [0, 0.05) is 6.92 Å². The van der Waals surface area contributed by atoms with Gasteiger partial charge in [0.25, 0.3) is 0 Å². The second kappa shape index (κ2) is 9.92. The maximum Gasteiger partial charge on any atom is 0.335 e. The third kappa shape index (κ3) is 10.5. The Morgan fingerprint density at radius 1 is 1.50 bits per heavy atom. The third-order valence-corrected chi connectivity index (χ3v) is 1.36. The van der Waals surface area contributed by atoms with Crippen molar-refractivity contribution in [2.45, 2.75) is 20.0 Å². The molecule has 0 fully saturated rings. The first kappa shape index (κ1) is 16.8. The van der Waals surface area contributed by atoms with Gasteiger partial charge in [-0.25, -0.2) is 4.79 Å². The summed E-state index contributed by atoms with van der Waals surface area (Å²) in [6.45, 7) is 9.79. The van der Waals surface area contributed by atoms with E-state index in [1.54, 1.807) is 0 Å². The molecule has 0 aromatic heterocycles. The zero-order chi connectivity index (χ0) is 13.1. The quantitative estimate of drug-likeness (QED) is 0.440. The van der Waals surface area contributed by atoms with E-state index >= 15 is 0 Å². The molecule has 0 aliphatic rings. The molecule has 1 atom stereocenters. The Balaban J connectivity index is 0. The molecule has 0 aromatic rings. The molecular formula is C11H18O5. The van der Waals surface area contributed by atoms with Crippen molar-refractivity contribution in [3.05, 3.63) is 24.8 Å². The van der Waals surface area contributed by atoms with E-state index in [4.69, 9.17) is 5.11 Å². The molecule has 0 saturated carbocycles. The Kier molecular flexibility index (Phi) is 10.4. The fraction of sp³-hybridized carbons (Fsp3) is 0.455. The minimum atomic E-state index is -0.822. The number of hydrogen-bond donors (Lipinski definition) is 1. The van der Waals surface area contributed by atoms with Crippen molar-refractivity contribution in [2.24, 2.45) is 0 Å². The first-order valence-corrected chi connectivity index (χ1v) is 4.56. The van der Waals surface area contributed by atoms with Gasteiger partial charge in [-0.1, -0.05) is 19.2 Å². The zero-order valence-electron chi connectivity index (χ0n) is 9.86. The minimum Gasteiger partial charge on any atom is -0.466 e. The lowest BCUT2D eigenvalue weighted by molar-refractivity contribution is -0.140. The van der Waals surface area contributed by atoms with Crippen molar-refractivity contribution in [1.82, 2.24) is 0 Å². The Morgan fingerprint density at radius 2 is 2.00 bits per heavy atom. The van der Waals surface area contributed by atoms with Crippen LogP contribution in [0, 0.1) is 0 Å². The third-order valence-electron chi connectivity index (χ3n) is 1.36. The monoisotopic (exact) mass is 230 g/mol. The minimum absolute atomic E-state index is 0.0810. The summed E-state index contributed by atoms with van der Waals surface area (Å²) in [4.78, 5) is 20.4. The highest BCUT2D eigenvalue weighted by Gasteiger charge is 2.10. The van der Waals surface area contributed by atoms with E-state index in [-0.39, 0.29) is 11.5 Å². The van der Waals surface area contributed by atoms with Gasteiger partial charge < -0.3 is 14.6 Å². The molecule has 0 aliphatic heterocycles. The topological polar surface area (TPSA) is 72.8 Å². The average molecular weight is 230 g/mol. The fourth-order valence-corrected chi connectivity index (χ4v) is 0.478. The Bertz CT molecular complexity index is 255. The van der Waals surface area contributed by atoms with Gasteiger partial charge in [-0.15, -0.1) is 0 Å². The molecule has 0 heterocycles. The summed E-state index contributed by atoms with van der Waals surface area (Å²) in [5.74, 6) is -0.829. The summed E-state index contributed by atoms with van der Waals surface area (Å²) in [6.07, 6.45) is 0.707. The van der Waals surface area contributed by atoms with Gasteiger partial charge in [0.15, 0.2) is 0 Å². The lowest BCUT2D eigenvalue weighted by atomic mass is 10.2. The number of carbonyl (C=O) groups is 2. The van der Waals surface area contributed by atoms with Crippen LogP contribution in [0.1, 0.15) is 13.8 Å². The van der Waals surface area contributed by atoms with Gasteiger partial charge in [0.05, 0.1) is 18.8 Å². The number of aliphatic hydroxyl groups is 1. The second-order valence-electron chi connectivity index (χ2n) is 2.78. The average Bonchev–Trinajstić information content (AvgIpc) is 2.24. The van der Waals surface area contributed by atoms with Crippen LogP contribution in [0.5, 0.6) is 0 Å². The maximum absolute atomic E-state index is 10.5. The molecule has 0 radical (unpaired) electrons. The normalized spacial score (nSPS) is 10.2. The van der Waals surface area contributed by atoms with E-state index in [1.807, 2.05) is 0 Å². The summed E-state index contributed by atoms with van der Waals surface area (Å²) in [5, 5.41) is 8.72. The molecule has 0 spiro atoms. The van der Waals surface area contributed by atoms with Crippen LogP contribution in [-0.2, 0) is 19.1 Å². The van der Waals surface area contributed by atoms with Crippen LogP contribution in [0.15, 0.2) is 24.8 Å². The van der Waals surface area contributed by atoms with Crippen LogP contribution in [0.25, 0.3) is 0 Å². The Morgan fingerprint density at radius 3 is 2.12 bits per heavy atom. The van der Waals surface area contributed by atoms with Gasteiger partial charge >= 0.3 is 11.9 Å². The number of ether oxygens (including phenoxy) is 2. The number of methoxy groups -OCH3 is 1. The molecule has 0 aliphatic carbocycles. The molecule has 92 valence electrons.